The van der Waals surface area contributed by atoms with Crippen molar-refractivity contribution in [1.29, 1.82) is 0 Å². The number of hydrogen-bond acceptors (Lipinski definition) is 4. The zero-order valence-corrected chi connectivity index (χ0v) is 8.79. The zero-order valence-electron chi connectivity index (χ0n) is 7.28. The Morgan fingerprint density at radius 1 is 1.47 bits per heavy atom. The van der Waals surface area contributed by atoms with Crippen LogP contribution in [0.4, 0.5) is 5.69 Å². The molecule has 0 radical (unpaired) electrons. The lowest BCUT2D eigenvalue weighted by atomic mass is 10.3. The van der Waals surface area contributed by atoms with Crippen molar-refractivity contribution in [2.24, 2.45) is 0 Å². The van der Waals surface area contributed by atoms with E-state index < -0.39 is 12.0 Å². The SMILES string of the molecule is O=CC(Nc1c(Cl)cncc1Cl)C(=O)O. The third-order valence-electron chi connectivity index (χ3n) is 1.56. The van der Waals surface area contributed by atoms with Crippen molar-refractivity contribution in [3.63, 3.8) is 0 Å². The number of halogens is 2. The van der Waals surface area contributed by atoms with Gasteiger partial charge >= 0.3 is 5.97 Å². The molecule has 0 aromatic carbocycles. The summed E-state index contributed by atoms with van der Waals surface area (Å²) < 4.78 is 0. The first kappa shape index (κ1) is 11.7. The van der Waals surface area contributed by atoms with Crippen LogP contribution in [-0.4, -0.2) is 28.4 Å². The van der Waals surface area contributed by atoms with E-state index in [0.717, 1.165) is 0 Å². The minimum atomic E-state index is -1.39. The Morgan fingerprint density at radius 2 is 2.00 bits per heavy atom. The van der Waals surface area contributed by atoms with Gasteiger partial charge in [0.25, 0.3) is 0 Å². The number of rotatable bonds is 4. The highest BCUT2D eigenvalue weighted by molar-refractivity contribution is 6.39. The maximum atomic E-state index is 10.6. The molecule has 1 heterocycles. The molecule has 15 heavy (non-hydrogen) atoms. The Kier molecular flexibility index (Phi) is 3.88. The molecule has 0 spiro atoms. The van der Waals surface area contributed by atoms with Crippen molar-refractivity contribution >= 4 is 41.1 Å². The summed E-state index contributed by atoms with van der Waals surface area (Å²) in [6.07, 6.45) is 2.83. The number of carboxylic acids is 1. The summed E-state index contributed by atoms with van der Waals surface area (Å²) in [7, 11) is 0. The molecule has 0 aliphatic carbocycles. The van der Waals surface area contributed by atoms with Crippen LogP contribution in [0.1, 0.15) is 0 Å². The number of aromatic nitrogens is 1. The van der Waals surface area contributed by atoms with E-state index in [1.165, 1.54) is 12.4 Å². The molecule has 5 nitrogen and oxygen atoms in total. The Bertz CT molecular complexity index is 377. The van der Waals surface area contributed by atoms with Crippen molar-refractivity contribution in [3.05, 3.63) is 22.4 Å². The minimum Gasteiger partial charge on any atom is -0.479 e. The molecule has 7 heteroatoms. The Hall–Kier alpha value is -1.33. The normalized spacial score (nSPS) is 11.9. The maximum absolute atomic E-state index is 10.6. The summed E-state index contributed by atoms with van der Waals surface area (Å²) >= 11 is 11.4. The van der Waals surface area contributed by atoms with Crippen molar-refractivity contribution in [2.45, 2.75) is 6.04 Å². The molecule has 1 unspecified atom stereocenters. The molecule has 1 rings (SSSR count). The first-order valence-electron chi connectivity index (χ1n) is 3.80. The van der Waals surface area contributed by atoms with Crippen LogP contribution in [0.15, 0.2) is 12.4 Å². The smallest absolute Gasteiger partial charge is 0.333 e. The largest absolute Gasteiger partial charge is 0.479 e. The fraction of sp³-hybridized carbons (Fsp3) is 0.125. The van der Waals surface area contributed by atoms with Gasteiger partial charge in [-0.1, -0.05) is 23.2 Å². The summed E-state index contributed by atoms with van der Waals surface area (Å²) in [4.78, 5) is 24.7. The first-order valence-corrected chi connectivity index (χ1v) is 4.55. The van der Waals surface area contributed by atoms with Gasteiger partial charge in [0, 0.05) is 12.4 Å². The van der Waals surface area contributed by atoms with Gasteiger partial charge in [-0.25, -0.2) is 4.79 Å². The molecule has 0 fully saturated rings. The van der Waals surface area contributed by atoms with E-state index in [1.807, 2.05) is 0 Å². The second-order valence-electron chi connectivity index (χ2n) is 2.57. The monoisotopic (exact) mass is 248 g/mol. The number of anilines is 1. The third-order valence-corrected chi connectivity index (χ3v) is 2.13. The number of carbonyl (C=O) groups excluding carboxylic acids is 1. The van der Waals surface area contributed by atoms with Crippen molar-refractivity contribution < 1.29 is 14.7 Å². The molecule has 0 saturated heterocycles. The molecule has 1 atom stereocenters. The van der Waals surface area contributed by atoms with E-state index in [4.69, 9.17) is 28.3 Å². The quantitative estimate of drug-likeness (QED) is 0.623. The van der Waals surface area contributed by atoms with Gasteiger partial charge in [0.2, 0.25) is 0 Å². The molecule has 0 aliphatic rings. The standard InChI is InChI=1S/C8H6Cl2N2O3/c9-4-1-11-2-5(10)7(4)12-6(3-13)8(14)15/h1-3,6H,(H,11,12)(H,14,15). The van der Waals surface area contributed by atoms with Gasteiger partial charge < -0.3 is 15.2 Å². The number of hydrogen-bond donors (Lipinski definition) is 2. The topological polar surface area (TPSA) is 79.3 Å². The second-order valence-corrected chi connectivity index (χ2v) is 3.39. The molecule has 0 amide bonds. The van der Waals surface area contributed by atoms with Gasteiger partial charge in [0.1, 0.15) is 0 Å². The minimum absolute atomic E-state index is 0.149. The highest BCUT2D eigenvalue weighted by Gasteiger charge is 2.18. The van der Waals surface area contributed by atoms with Crippen molar-refractivity contribution in [1.82, 2.24) is 4.98 Å². The van der Waals surface area contributed by atoms with Crippen LogP contribution in [0, 0.1) is 0 Å². The van der Waals surface area contributed by atoms with Crippen LogP contribution in [0.3, 0.4) is 0 Å². The van der Waals surface area contributed by atoms with Crippen LogP contribution in [-0.2, 0) is 9.59 Å². The number of nitrogens with zero attached hydrogens (tertiary/aromatic N) is 1. The van der Waals surface area contributed by atoms with Crippen LogP contribution in [0.25, 0.3) is 0 Å². The Labute approximate surface area is 95.0 Å². The average Bonchev–Trinajstić information content (AvgIpc) is 2.17. The third kappa shape index (κ3) is 2.81. The molecule has 1 aromatic heterocycles. The van der Waals surface area contributed by atoms with E-state index in [0.29, 0.717) is 0 Å². The van der Waals surface area contributed by atoms with Crippen LogP contribution < -0.4 is 5.32 Å². The maximum Gasteiger partial charge on any atom is 0.333 e. The van der Waals surface area contributed by atoms with E-state index in [2.05, 4.69) is 10.3 Å². The summed E-state index contributed by atoms with van der Waals surface area (Å²) in [6, 6.07) is -1.39. The van der Waals surface area contributed by atoms with Crippen molar-refractivity contribution in [2.75, 3.05) is 5.32 Å². The fourth-order valence-electron chi connectivity index (χ4n) is 0.859. The lowest BCUT2D eigenvalue weighted by molar-refractivity contribution is -0.139. The van der Waals surface area contributed by atoms with E-state index >= 15 is 0 Å². The van der Waals surface area contributed by atoms with Crippen LogP contribution >= 0.6 is 23.2 Å². The number of carbonyl (C=O) groups is 2. The number of aldehydes is 1. The van der Waals surface area contributed by atoms with E-state index in [1.54, 1.807) is 0 Å². The molecule has 0 bridgehead atoms. The summed E-state index contributed by atoms with van der Waals surface area (Å²) in [5.74, 6) is -1.31. The number of nitrogens with one attached hydrogen (secondary N) is 1. The predicted molar refractivity (Wildman–Crippen MR) is 55.4 cm³/mol. The fourth-order valence-corrected chi connectivity index (χ4v) is 1.33. The lowest BCUT2D eigenvalue weighted by Gasteiger charge is -2.12. The molecular formula is C8H6Cl2N2O3. The molecule has 80 valence electrons. The average molecular weight is 249 g/mol. The molecule has 1 aromatic rings. The van der Waals surface area contributed by atoms with E-state index in [-0.39, 0.29) is 22.0 Å². The van der Waals surface area contributed by atoms with Crippen molar-refractivity contribution in [3.8, 4) is 0 Å². The zero-order chi connectivity index (χ0) is 11.4. The van der Waals surface area contributed by atoms with Gasteiger partial charge in [-0.3, -0.25) is 4.98 Å². The van der Waals surface area contributed by atoms with Crippen LogP contribution in [0.5, 0.6) is 0 Å². The first-order chi connectivity index (χ1) is 7.06. The molecule has 0 aliphatic heterocycles. The van der Waals surface area contributed by atoms with Gasteiger partial charge in [-0.15, -0.1) is 0 Å². The summed E-state index contributed by atoms with van der Waals surface area (Å²) in [6.45, 7) is 0. The van der Waals surface area contributed by atoms with Gasteiger partial charge in [-0.05, 0) is 0 Å². The summed E-state index contributed by atoms with van der Waals surface area (Å²) in [5.41, 5.74) is 0.174. The molecular weight excluding hydrogens is 243 g/mol. The Morgan fingerprint density at radius 3 is 2.40 bits per heavy atom. The molecule has 0 saturated carbocycles. The van der Waals surface area contributed by atoms with Gasteiger partial charge in [-0.2, -0.15) is 0 Å². The second kappa shape index (κ2) is 4.95. The summed E-state index contributed by atoms with van der Waals surface area (Å²) in [5, 5.41) is 11.3. The predicted octanol–water partition coefficient (Wildman–Crippen LogP) is 1.45. The molecule has 2 N–H and O–H groups in total. The van der Waals surface area contributed by atoms with Gasteiger partial charge in [0.15, 0.2) is 12.3 Å². The lowest BCUT2D eigenvalue weighted by Crippen LogP contribution is -2.30. The number of carboxylic acid groups (broad SMARTS) is 1. The highest BCUT2D eigenvalue weighted by atomic mass is 35.5. The number of pyridine rings is 1. The number of aliphatic carboxylic acids is 1. The van der Waals surface area contributed by atoms with Gasteiger partial charge in [0.05, 0.1) is 15.7 Å². The van der Waals surface area contributed by atoms with E-state index in [9.17, 15) is 9.59 Å². The highest BCUT2D eigenvalue weighted by Crippen LogP contribution is 2.28. The van der Waals surface area contributed by atoms with Crippen LogP contribution in [0.2, 0.25) is 10.0 Å². The Balaban J connectivity index is 2.97.